The van der Waals surface area contributed by atoms with E-state index in [1.165, 1.54) is 32.1 Å². The Morgan fingerprint density at radius 3 is 2.39 bits per heavy atom. The van der Waals surface area contributed by atoms with Gasteiger partial charge >= 0.3 is 0 Å². The van der Waals surface area contributed by atoms with E-state index in [1.54, 1.807) is 0 Å². The van der Waals surface area contributed by atoms with Crippen molar-refractivity contribution in [2.45, 2.75) is 69.7 Å². The number of ketones is 1. The van der Waals surface area contributed by atoms with Gasteiger partial charge in [-0.1, -0.05) is 19.3 Å². The lowest BCUT2D eigenvalue weighted by molar-refractivity contribution is -0.132. The van der Waals surface area contributed by atoms with Gasteiger partial charge in [-0.25, -0.2) is 0 Å². The number of carbonyl (C=O) groups excluding carboxylic acids is 1. The molecule has 0 radical (unpaired) electrons. The van der Waals surface area contributed by atoms with Crippen LogP contribution in [-0.2, 0) is 4.79 Å². The molecule has 2 nitrogen and oxygen atoms in total. The van der Waals surface area contributed by atoms with E-state index in [9.17, 15) is 4.79 Å². The smallest absolute Gasteiger partial charge is 0.153 e. The fourth-order valence-corrected chi connectivity index (χ4v) is 3.64. The first-order chi connectivity index (χ1) is 8.79. The van der Waals surface area contributed by atoms with Crippen LogP contribution in [0, 0.1) is 12.3 Å². The zero-order valence-corrected chi connectivity index (χ0v) is 11.4. The summed E-state index contributed by atoms with van der Waals surface area (Å²) in [6.45, 7) is 2.25. The minimum absolute atomic E-state index is 0.102. The Kier molecular flexibility index (Phi) is 4.83. The van der Waals surface area contributed by atoms with Crippen molar-refractivity contribution in [1.82, 2.24) is 4.90 Å². The molecule has 2 rings (SSSR count). The molecule has 1 saturated carbocycles. The minimum atomic E-state index is -0.102. The van der Waals surface area contributed by atoms with Crippen LogP contribution in [0.2, 0.25) is 0 Å². The number of nitrogens with zero attached hydrogens (tertiary/aromatic N) is 1. The first kappa shape index (κ1) is 13.6. The molecule has 0 amide bonds. The zero-order valence-electron chi connectivity index (χ0n) is 11.4. The minimum Gasteiger partial charge on any atom is -0.298 e. The fraction of sp³-hybridized carbons (Fsp3) is 0.812. The maximum atomic E-state index is 12.6. The lowest BCUT2D eigenvalue weighted by atomic mass is 9.85. The molecule has 1 aliphatic heterocycles. The summed E-state index contributed by atoms with van der Waals surface area (Å²) in [6.07, 6.45) is 16.0. The number of Topliss-reactive ketones (excluding diaryl/α,β-unsaturated/α-hetero) is 1. The molecule has 0 aromatic rings. The summed E-state index contributed by atoms with van der Waals surface area (Å²) in [5.74, 6) is 3.11. The highest BCUT2D eigenvalue weighted by Gasteiger charge is 2.45. The Balaban J connectivity index is 2.01. The van der Waals surface area contributed by atoms with E-state index in [2.05, 4.69) is 10.8 Å². The topological polar surface area (TPSA) is 20.3 Å². The Bertz CT molecular complexity index is 316. The van der Waals surface area contributed by atoms with E-state index < -0.39 is 0 Å². The average Bonchev–Trinajstić information content (AvgIpc) is 2.90. The van der Waals surface area contributed by atoms with Crippen molar-refractivity contribution in [3.63, 3.8) is 0 Å². The number of hydrogen-bond acceptors (Lipinski definition) is 2. The summed E-state index contributed by atoms with van der Waals surface area (Å²) in [5.41, 5.74) is -0.102. The standard InChI is InChI=1S/C16H25NO/c1-2-3-5-10-15(18)16(11-6-7-12-16)17-13-8-4-9-14-17/h1H,3-14H2. The number of unbranched alkanes of at least 4 members (excludes halogenated alkanes) is 1. The van der Waals surface area contributed by atoms with Crippen molar-refractivity contribution in [1.29, 1.82) is 0 Å². The summed E-state index contributed by atoms with van der Waals surface area (Å²) >= 11 is 0. The summed E-state index contributed by atoms with van der Waals surface area (Å²) < 4.78 is 0. The van der Waals surface area contributed by atoms with Crippen molar-refractivity contribution in [2.75, 3.05) is 13.1 Å². The van der Waals surface area contributed by atoms with Gasteiger partial charge in [-0.2, -0.15) is 0 Å². The van der Waals surface area contributed by atoms with Crippen LogP contribution in [0.1, 0.15) is 64.2 Å². The largest absolute Gasteiger partial charge is 0.298 e. The molecule has 0 spiro atoms. The van der Waals surface area contributed by atoms with E-state index in [0.29, 0.717) is 12.2 Å². The van der Waals surface area contributed by atoms with Crippen LogP contribution in [-0.4, -0.2) is 29.3 Å². The maximum Gasteiger partial charge on any atom is 0.153 e. The Labute approximate surface area is 111 Å². The number of rotatable bonds is 5. The first-order valence-corrected chi connectivity index (χ1v) is 7.51. The van der Waals surface area contributed by atoms with Crippen molar-refractivity contribution in [2.24, 2.45) is 0 Å². The van der Waals surface area contributed by atoms with Gasteiger partial charge in [0.25, 0.3) is 0 Å². The third-order valence-corrected chi connectivity index (χ3v) is 4.64. The van der Waals surface area contributed by atoms with Gasteiger partial charge in [-0.3, -0.25) is 9.69 Å². The molecule has 0 unspecified atom stereocenters. The summed E-state index contributed by atoms with van der Waals surface area (Å²) in [5, 5.41) is 0. The Morgan fingerprint density at radius 1 is 1.11 bits per heavy atom. The van der Waals surface area contributed by atoms with Gasteiger partial charge in [0.05, 0.1) is 5.54 Å². The molecule has 0 bridgehead atoms. The number of carbonyl (C=O) groups is 1. The molecule has 2 heteroatoms. The molecule has 0 N–H and O–H groups in total. The summed E-state index contributed by atoms with van der Waals surface area (Å²) in [6, 6.07) is 0. The molecule has 0 aromatic heterocycles. The number of terminal acetylenes is 1. The van der Waals surface area contributed by atoms with Gasteiger partial charge in [-0.05, 0) is 45.2 Å². The number of hydrogen-bond donors (Lipinski definition) is 0. The van der Waals surface area contributed by atoms with Gasteiger partial charge in [0.15, 0.2) is 5.78 Å². The first-order valence-electron chi connectivity index (χ1n) is 7.51. The third kappa shape index (κ3) is 2.78. The van der Waals surface area contributed by atoms with Crippen molar-refractivity contribution in [3.8, 4) is 12.3 Å². The number of likely N-dealkylation sites (tertiary alicyclic amines) is 1. The van der Waals surface area contributed by atoms with Gasteiger partial charge < -0.3 is 0 Å². The fourth-order valence-electron chi connectivity index (χ4n) is 3.64. The second-order valence-corrected chi connectivity index (χ2v) is 5.77. The molecular weight excluding hydrogens is 222 g/mol. The van der Waals surface area contributed by atoms with Gasteiger partial charge in [-0.15, -0.1) is 12.3 Å². The normalized spacial score (nSPS) is 23.7. The van der Waals surface area contributed by atoms with Crippen molar-refractivity contribution < 1.29 is 4.79 Å². The molecule has 1 heterocycles. The highest BCUT2D eigenvalue weighted by molar-refractivity contribution is 5.88. The summed E-state index contributed by atoms with van der Waals surface area (Å²) in [7, 11) is 0. The molecule has 0 aromatic carbocycles. The quantitative estimate of drug-likeness (QED) is 0.549. The predicted molar refractivity (Wildman–Crippen MR) is 74.3 cm³/mol. The average molecular weight is 247 g/mol. The van der Waals surface area contributed by atoms with Crippen LogP contribution in [0.4, 0.5) is 0 Å². The van der Waals surface area contributed by atoms with Crippen molar-refractivity contribution in [3.05, 3.63) is 0 Å². The van der Waals surface area contributed by atoms with E-state index in [0.717, 1.165) is 38.8 Å². The van der Waals surface area contributed by atoms with E-state index in [-0.39, 0.29) is 5.54 Å². The third-order valence-electron chi connectivity index (χ3n) is 4.64. The van der Waals surface area contributed by atoms with Gasteiger partial charge in [0.1, 0.15) is 0 Å². The van der Waals surface area contributed by atoms with Crippen LogP contribution >= 0.6 is 0 Å². The predicted octanol–water partition coefficient (Wildman–Crippen LogP) is 3.16. The van der Waals surface area contributed by atoms with Crippen LogP contribution < -0.4 is 0 Å². The maximum absolute atomic E-state index is 12.6. The van der Waals surface area contributed by atoms with Crippen LogP contribution in [0.15, 0.2) is 0 Å². The van der Waals surface area contributed by atoms with Gasteiger partial charge in [0, 0.05) is 12.8 Å². The molecule has 2 fully saturated rings. The van der Waals surface area contributed by atoms with Crippen molar-refractivity contribution >= 4 is 5.78 Å². The molecule has 1 aliphatic carbocycles. The molecule has 1 saturated heterocycles. The van der Waals surface area contributed by atoms with E-state index in [1.807, 2.05) is 0 Å². The monoisotopic (exact) mass is 247 g/mol. The SMILES string of the molecule is C#CCCCC(=O)C1(N2CCCCC2)CCCC1. The Hall–Kier alpha value is -0.810. The lowest BCUT2D eigenvalue weighted by Gasteiger charge is -2.42. The Morgan fingerprint density at radius 2 is 1.78 bits per heavy atom. The second kappa shape index (κ2) is 6.38. The van der Waals surface area contributed by atoms with Gasteiger partial charge in [0.2, 0.25) is 0 Å². The van der Waals surface area contributed by atoms with E-state index in [4.69, 9.17) is 6.42 Å². The van der Waals surface area contributed by atoms with E-state index >= 15 is 0 Å². The second-order valence-electron chi connectivity index (χ2n) is 5.77. The highest BCUT2D eigenvalue weighted by atomic mass is 16.1. The van der Waals surface area contributed by atoms with Crippen LogP contribution in [0.3, 0.4) is 0 Å². The molecule has 100 valence electrons. The van der Waals surface area contributed by atoms with Crippen LogP contribution in [0.25, 0.3) is 0 Å². The molecule has 0 atom stereocenters. The highest BCUT2D eigenvalue weighted by Crippen LogP contribution is 2.38. The number of piperidine rings is 1. The molecule has 2 aliphatic rings. The lowest BCUT2D eigenvalue weighted by Crippen LogP contribution is -2.54. The zero-order chi connectivity index (χ0) is 12.8. The molecular formula is C16H25NO. The molecule has 18 heavy (non-hydrogen) atoms. The summed E-state index contributed by atoms with van der Waals surface area (Å²) in [4.78, 5) is 15.1. The van der Waals surface area contributed by atoms with Crippen LogP contribution in [0.5, 0.6) is 0 Å².